The smallest absolute Gasteiger partial charge is 0.335 e. The number of hydrogen-bond donors (Lipinski definition) is 1. The Kier molecular flexibility index (Phi) is 3.57. The fraction of sp³-hybridized carbons (Fsp3) is 0.429. The number of carbonyl (C=O) groups is 2. The number of hydrogen-bond acceptors (Lipinski definition) is 3. The van der Waals surface area contributed by atoms with Crippen molar-refractivity contribution in [3.8, 4) is 0 Å². The number of rotatable bonds is 2. The van der Waals surface area contributed by atoms with Gasteiger partial charge in [0.05, 0.1) is 6.04 Å². The van der Waals surface area contributed by atoms with Crippen molar-refractivity contribution in [3.05, 3.63) is 34.9 Å². The van der Waals surface area contributed by atoms with Gasteiger partial charge in [-0.2, -0.15) is 0 Å². The van der Waals surface area contributed by atoms with E-state index >= 15 is 0 Å². The van der Waals surface area contributed by atoms with Gasteiger partial charge in [-0.15, -0.1) is 0 Å². The van der Waals surface area contributed by atoms with Crippen LogP contribution >= 0.6 is 0 Å². The normalized spacial score (nSPS) is 23.5. The van der Waals surface area contributed by atoms with Gasteiger partial charge in [0.25, 0.3) is 0 Å². The van der Waals surface area contributed by atoms with E-state index in [2.05, 4.69) is 0 Å². The highest BCUT2D eigenvalue weighted by molar-refractivity contribution is 5.82. The minimum atomic E-state index is -1.05. The number of nitrogens with zero attached hydrogens (tertiary/aromatic N) is 1. The van der Waals surface area contributed by atoms with E-state index in [4.69, 9.17) is 4.74 Å². The maximum Gasteiger partial charge on any atom is 0.335 e. The quantitative estimate of drug-likeness (QED) is 0.873. The largest absolute Gasteiger partial charge is 0.479 e. The highest BCUT2D eigenvalue weighted by atomic mass is 16.5. The van der Waals surface area contributed by atoms with Crippen LogP contribution < -0.4 is 0 Å². The molecule has 0 spiro atoms. The number of morpholine rings is 1. The van der Waals surface area contributed by atoms with E-state index in [-0.39, 0.29) is 12.5 Å². The molecule has 0 aromatic heterocycles. The van der Waals surface area contributed by atoms with Crippen molar-refractivity contribution < 1.29 is 19.4 Å². The Morgan fingerprint density at radius 3 is 2.42 bits per heavy atom. The molecular formula is C14H17NO4. The summed E-state index contributed by atoms with van der Waals surface area (Å²) in [7, 11) is 1.61. The van der Waals surface area contributed by atoms with Gasteiger partial charge < -0.3 is 14.7 Å². The van der Waals surface area contributed by atoms with Gasteiger partial charge in [0, 0.05) is 7.05 Å². The number of carboxylic acids is 1. The number of likely N-dealkylation sites (N-methyl/N-ethyl adjacent to an activating group) is 1. The molecule has 2 atom stereocenters. The lowest BCUT2D eigenvalue weighted by atomic mass is 9.95. The molecule has 0 saturated carbocycles. The monoisotopic (exact) mass is 263 g/mol. The maximum atomic E-state index is 11.7. The Hall–Kier alpha value is -1.88. The molecule has 19 heavy (non-hydrogen) atoms. The first-order valence-electron chi connectivity index (χ1n) is 6.08. The topological polar surface area (TPSA) is 66.8 Å². The predicted molar refractivity (Wildman–Crippen MR) is 68.8 cm³/mol. The minimum absolute atomic E-state index is 0.186. The molecule has 1 aliphatic rings. The van der Waals surface area contributed by atoms with Crippen molar-refractivity contribution in [2.24, 2.45) is 0 Å². The van der Waals surface area contributed by atoms with Crippen molar-refractivity contribution in [3.63, 3.8) is 0 Å². The fourth-order valence-corrected chi connectivity index (χ4v) is 2.50. The van der Waals surface area contributed by atoms with Crippen LogP contribution in [0.3, 0.4) is 0 Å². The van der Waals surface area contributed by atoms with Gasteiger partial charge >= 0.3 is 5.97 Å². The van der Waals surface area contributed by atoms with Gasteiger partial charge in [0.2, 0.25) is 5.91 Å². The Morgan fingerprint density at radius 2 is 1.89 bits per heavy atom. The summed E-state index contributed by atoms with van der Waals surface area (Å²) in [5.74, 6) is -1.26. The molecule has 102 valence electrons. The second-order valence-electron chi connectivity index (χ2n) is 4.94. The van der Waals surface area contributed by atoms with Gasteiger partial charge in [-0.3, -0.25) is 4.79 Å². The van der Waals surface area contributed by atoms with E-state index in [9.17, 15) is 14.7 Å². The number of aliphatic carboxylic acids is 1. The van der Waals surface area contributed by atoms with Crippen LogP contribution in [0, 0.1) is 13.8 Å². The molecule has 5 nitrogen and oxygen atoms in total. The van der Waals surface area contributed by atoms with E-state index in [0.29, 0.717) is 0 Å². The summed E-state index contributed by atoms with van der Waals surface area (Å²) in [5.41, 5.74) is 2.86. The van der Waals surface area contributed by atoms with Crippen molar-refractivity contribution in [2.45, 2.75) is 26.0 Å². The minimum Gasteiger partial charge on any atom is -0.479 e. The van der Waals surface area contributed by atoms with Crippen LogP contribution in [0.4, 0.5) is 0 Å². The Bertz CT molecular complexity index is 506. The van der Waals surface area contributed by atoms with Gasteiger partial charge in [-0.25, -0.2) is 4.79 Å². The highest BCUT2D eigenvalue weighted by Gasteiger charge is 2.40. The molecule has 2 unspecified atom stereocenters. The van der Waals surface area contributed by atoms with Crippen molar-refractivity contribution in [2.75, 3.05) is 13.7 Å². The van der Waals surface area contributed by atoms with Gasteiger partial charge in [-0.1, -0.05) is 29.3 Å². The molecule has 1 aliphatic heterocycles. The second-order valence-corrected chi connectivity index (χ2v) is 4.94. The number of carboxylic acid groups (broad SMARTS) is 1. The van der Waals surface area contributed by atoms with Crippen molar-refractivity contribution in [1.29, 1.82) is 0 Å². The summed E-state index contributed by atoms with van der Waals surface area (Å²) < 4.78 is 5.18. The third kappa shape index (κ3) is 2.61. The molecule has 1 aromatic rings. The first-order chi connectivity index (χ1) is 8.90. The van der Waals surface area contributed by atoms with E-state index in [1.807, 2.05) is 32.0 Å². The number of ether oxygens (including phenoxy) is 1. The van der Waals surface area contributed by atoms with E-state index in [1.165, 1.54) is 4.90 Å². The molecule has 1 fully saturated rings. The lowest BCUT2D eigenvalue weighted by Gasteiger charge is -2.37. The van der Waals surface area contributed by atoms with Crippen molar-refractivity contribution >= 4 is 11.9 Å². The zero-order chi connectivity index (χ0) is 14.2. The Balaban J connectivity index is 2.46. The van der Waals surface area contributed by atoms with Gasteiger partial charge in [0.15, 0.2) is 6.10 Å². The zero-order valence-corrected chi connectivity index (χ0v) is 11.2. The third-order valence-electron chi connectivity index (χ3n) is 3.31. The molecule has 1 amide bonds. The number of benzene rings is 1. The van der Waals surface area contributed by atoms with E-state index < -0.39 is 18.1 Å². The first kappa shape index (κ1) is 13.5. The summed E-state index contributed by atoms with van der Waals surface area (Å²) >= 11 is 0. The number of carbonyl (C=O) groups excluding carboxylic acids is 1. The molecule has 1 heterocycles. The van der Waals surface area contributed by atoms with Crippen LogP contribution in [0.2, 0.25) is 0 Å². The summed E-state index contributed by atoms with van der Waals surface area (Å²) in [6, 6.07) is 5.21. The molecule has 2 rings (SSSR count). The fourth-order valence-electron chi connectivity index (χ4n) is 2.50. The molecule has 1 aromatic carbocycles. The van der Waals surface area contributed by atoms with E-state index in [1.54, 1.807) is 7.05 Å². The lowest BCUT2D eigenvalue weighted by Crippen LogP contribution is -2.50. The molecule has 0 aliphatic carbocycles. The van der Waals surface area contributed by atoms with Gasteiger partial charge in [0.1, 0.15) is 6.61 Å². The third-order valence-corrected chi connectivity index (χ3v) is 3.31. The van der Waals surface area contributed by atoms with E-state index in [0.717, 1.165) is 16.7 Å². The SMILES string of the molecule is Cc1cc(C)cc(C2C(C(=O)O)OCC(=O)N2C)c1. The average molecular weight is 263 g/mol. The zero-order valence-electron chi connectivity index (χ0n) is 11.2. The summed E-state index contributed by atoms with van der Waals surface area (Å²) in [6.07, 6.45) is -1.02. The maximum absolute atomic E-state index is 11.7. The molecule has 5 heteroatoms. The van der Waals surface area contributed by atoms with Gasteiger partial charge in [-0.05, 0) is 19.4 Å². The number of amides is 1. The summed E-state index contributed by atoms with van der Waals surface area (Å²) in [5, 5.41) is 9.25. The van der Waals surface area contributed by atoms with Crippen LogP contribution in [0.5, 0.6) is 0 Å². The van der Waals surface area contributed by atoms with Crippen LogP contribution in [0.15, 0.2) is 18.2 Å². The summed E-state index contributed by atoms with van der Waals surface area (Å²) in [6.45, 7) is 3.70. The van der Waals surface area contributed by atoms with Crippen LogP contribution in [-0.2, 0) is 14.3 Å². The molecule has 1 saturated heterocycles. The lowest BCUT2D eigenvalue weighted by molar-refractivity contribution is -0.171. The molecule has 1 N–H and O–H groups in total. The standard InChI is InChI=1S/C14H17NO4/c1-8-4-9(2)6-10(5-8)12-13(14(17)18)19-7-11(16)15(12)3/h4-6,12-13H,7H2,1-3H3,(H,17,18). The molecule has 0 radical (unpaired) electrons. The van der Waals surface area contributed by atoms with Crippen LogP contribution in [0.25, 0.3) is 0 Å². The van der Waals surface area contributed by atoms with Crippen molar-refractivity contribution in [1.82, 2.24) is 4.90 Å². The Labute approximate surface area is 111 Å². The average Bonchev–Trinajstić information content (AvgIpc) is 2.30. The van der Waals surface area contributed by atoms with Crippen LogP contribution in [0.1, 0.15) is 22.7 Å². The highest BCUT2D eigenvalue weighted by Crippen LogP contribution is 2.30. The Morgan fingerprint density at radius 1 is 1.32 bits per heavy atom. The first-order valence-corrected chi connectivity index (χ1v) is 6.08. The molecule has 0 bridgehead atoms. The molecular weight excluding hydrogens is 246 g/mol. The number of aryl methyl sites for hydroxylation is 2. The predicted octanol–water partition coefficient (Wildman–Crippen LogP) is 1.29. The summed E-state index contributed by atoms with van der Waals surface area (Å²) in [4.78, 5) is 24.5. The second kappa shape index (κ2) is 5.01. The van der Waals surface area contributed by atoms with Crippen LogP contribution in [-0.4, -0.2) is 41.6 Å².